The minimum atomic E-state index is -0.781. The quantitative estimate of drug-likeness (QED) is 0.901. The molecule has 1 fully saturated rings. The van der Waals surface area contributed by atoms with E-state index in [2.05, 4.69) is 31.0 Å². The van der Waals surface area contributed by atoms with Crippen LogP contribution in [0.4, 0.5) is 8.78 Å². The number of benzene rings is 1. The fourth-order valence-electron chi connectivity index (χ4n) is 2.88. The van der Waals surface area contributed by atoms with Gasteiger partial charge in [-0.2, -0.15) is 0 Å². The number of piperazine rings is 1. The first-order valence-electron chi connectivity index (χ1n) is 6.79. The third kappa shape index (κ3) is 3.90. The molecule has 1 aromatic carbocycles. The number of nitrogens with zero attached hydrogens (tertiary/aromatic N) is 1. The molecule has 0 aliphatic carbocycles. The van der Waals surface area contributed by atoms with Crippen molar-refractivity contribution in [3.63, 3.8) is 0 Å². The van der Waals surface area contributed by atoms with E-state index in [1.54, 1.807) is 6.07 Å². The molecule has 0 aromatic heterocycles. The number of hydrogen-bond acceptors (Lipinski definition) is 2. The summed E-state index contributed by atoms with van der Waals surface area (Å²) >= 11 is 0. The molecular formula is C15H23ClF2N2. The molecule has 2 nitrogen and oxygen atoms in total. The van der Waals surface area contributed by atoms with Gasteiger partial charge in [0, 0.05) is 32.2 Å². The highest BCUT2D eigenvalue weighted by molar-refractivity contribution is 5.85. The lowest BCUT2D eigenvalue weighted by Crippen LogP contribution is -2.48. The summed E-state index contributed by atoms with van der Waals surface area (Å²) in [4.78, 5) is 2.35. The maximum absolute atomic E-state index is 13.5. The first kappa shape index (κ1) is 17.3. The normalized spacial score (nSPS) is 18.4. The van der Waals surface area contributed by atoms with Gasteiger partial charge >= 0.3 is 0 Å². The minimum Gasteiger partial charge on any atom is -0.314 e. The van der Waals surface area contributed by atoms with Crippen LogP contribution in [-0.2, 0) is 0 Å². The largest absolute Gasteiger partial charge is 0.314 e. The Morgan fingerprint density at radius 3 is 2.20 bits per heavy atom. The van der Waals surface area contributed by atoms with Crippen LogP contribution in [-0.4, -0.2) is 31.1 Å². The van der Waals surface area contributed by atoms with Crippen molar-refractivity contribution < 1.29 is 8.78 Å². The number of halogens is 3. The second-order valence-electron chi connectivity index (χ2n) is 6.23. The summed E-state index contributed by atoms with van der Waals surface area (Å²) in [7, 11) is 0. The Balaban J connectivity index is 0.00000200. The van der Waals surface area contributed by atoms with Gasteiger partial charge in [0.2, 0.25) is 0 Å². The first-order valence-corrected chi connectivity index (χ1v) is 6.79. The lowest BCUT2D eigenvalue weighted by molar-refractivity contribution is 0.0859. The van der Waals surface area contributed by atoms with E-state index in [-0.39, 0.29) is 23.9 Å². The average molecular weight is 305 g/mol. The van der Waals surface area contributed by atoms with Crippen LogP contribution in [0.2, 0.25) is 0 Å². The van der Waals surface area contributed by atoms with Crippen LogP contribution in [0, 0.1) is 17.0 Å². The van der Waals surface area contributed by atoms with Crippen LogP contribution < -0.4 is 5.32 Å². The van der Waals surface area contributed by atoms with Crippen LogP contribution in [0.3, 0.4) is 0 Å². The van der Waals surface area contributed by atoms with Crippen molar-refractivity contribution in [2.24, 2.45) is 5.41 Å². The minimum absolute atomic E-state index is 0. The van der Waals surface area contributed by atoms with E-state index >= 15 is 0 Å². The van der Waals surface area contributed by atoms with Gasteiger partial charge in [-0.25, -0.2) is 8.78 Å². The maximum atomic E-state index is 13.5. The summed E-state index contributed by atoms with van der Waals surface area (Å²) in [6.07, 6.45) is 0. The van der Waals surface area contributed by atoms with Gasteiger partial charge in [-0.05, 0) is 23.1 Å². The molecule has 1 saturated heterocycles. The highest BCUT2D eigenvalue weighted by atomic mass is 35.5. The molecular weight excluding hydrogens is 282 g/mol. The molecule has 1 atom stereocenters. The van der Waals surface area contributed by atoms with E-state index in [1.165, 1.54) is 12.1 Å². The molecule has 0 spiro atoms. The van der Waals surface area contributed by atoms with Crippen LogP contribution >= 0.6 is 12.4 Å². The zero-order valence-corrected chi connectivity index (χ0v) is 13.1. The van der Waals surface area contributed by atoms with Gasteiger partial charge in [-0.1, -0.05) is 26.8 Å². The van der Waals surface area contributed by atoms with E-state index in [0.29, 0.717) is 0 Å². The van der Waals surface area contributed by atoms with Gasteiger partial charge in [-0.15, -0.1) is 12.4 Å². The Morgan fingerprint density at radius 1 is 1.10 bits per heavy atom. The van der Waals surface area contributed by atoms with Gasteiger partial charge in [0.1, 0.15) is 0 Å². The van der Waals surface area contributed by atoms with Gasteiger partial charge in [-0.3, -0.25) is 4.90 Å². The average Bonchev–Trinajstić information content (AvgIpc) is 2.34. The molecule has 2 rings (SSSR count). The van der Waals surface area contributed by atoms with Crippen molar-refractivity contribution in [2.75, 3.05) is 26.2 Å². The zero-order valence-electron chi connectivity index (χ0n) is 12.2. The molecule has 1 aromatic rings. The molecule has 1 aliphatic heterocycles. The Labute approximate surface area is 126 Å². The molecule has 1 aliphatic rings. The highest BCUT2D eigenvalue weighted by Gasteiger charge is 2.32. The summed E-state index contributed by atoms with van der Waals surface area (Å²) in [5, 5.41) is 3.32. The molecule has 5 heteroatoms. The molecule has 0 bridgehead atoms. The van der Waals surface area contributed by atoms with Crippen molar-refractivity contribution in [3.8, 4) is 0 Å². The number of rotatable bonds is 2. The summed E-state index contributed by atoms with van der Waals surface area (Å²) in [6, 6.07) is 4.37. The second kappa shape index (κ2) is 6.83. The number of hydrogen-bond donors (Lipinski definition) is 1. The summed E-state index contributed by atoms with van der Waals surface area (Å²) < 4.78 is 26.6. The molecule has 0 saturated carbocycles. The third-order valence-electron chi connectivity index (χ3n) is 3.60. The summed E-state index contributed by atoms with van der Waals surface area (Å²) in [5.41, 5.74) is 0.829. The Hall–Kier alpha value is -0.710. The van der Waals surface area contributed by atoms with E-state index in [4.69, 9.17) is 0 Å². The van der Waals surface area contributed by atoms with E-state index in [0.717, 1.165) is 31.7 Å². The number of nitrogens with one attached hydrogen (secondary N) is 1. The molecule has 1 N–H and O–H groups in total. The first-order chi connectivity index (χ1) is 8.89. The fraction of sp³-hybridized carbons (Fsp3) is 0.600. The monoisotopic (exact) mass is 304 g/mol. The third-order valence-corrected chi connectivity index (χ3v) is 3.60. The Morgan fingerprint density at radius 2 is 1.70 bits per heavy atom. The SMILES string of the molecule is CC(C)(C)[C@H](c1ccc(F)c(F)c1)N1CCNCC1.Cl. The molecule has 0 amide bonds. The lowest BCUT2D eigenvalue weighted by atomic mass is 9.81. The fourth-order valence-corrected chi connectivity index (χ4v) is 2.88. The predicted molar refractivity (Wildman–Crippen MR) is 80.2 cm³/mol. The highest BCUT2D eigenvalue weighted by Crippen LogP contribution is 2.38. The topological polar surface area (TPSA) is 15.3 Å². The Kier molecular flexibility index (Phi) is 5.92. The smallest absolute Gasteiger partial charge is 0.159 e. The summed E-state index contributed by atoms with van der Waals surface area (Å²) in [6.45, 7) is 10.2. The Bertz CT molecular complexity index is 440. The second-order valence-corrected chi connectivity index (χ2v) is 6.23. The molecule has 1 heterocycles. The van der Waals surface area contributed by atoms with Gasteiger partial charge in [0.05, 0.1) is 0 Å². The van der Waals surface area contributed by atoms with Crippen molar-refractivity contribution in [2.45, 2.75) is 26.8 Å². The maximum Gasteiger partial charge on any atom is 0.159 e. The van der Waals surface area contributed by atoms with Crippen LogP contribution in [0.5, 0.6) is 0 Å². The van der Waals surface area contributed by atoms with E-state index in [1.807, 2.05) is 0 Å². The van der Waals surface area contributed by atoms with Gasteiger partial charge < -0.3 is 5.32 Å². The van der Waals surface area contributed by atoms with Crippen molar-refractivity contribution in [1.82, 2.24) is 10.2 Å². The van der Waals surface area contributed by atoms with Crippen LogP contribution in [0.1, 0.15) is 32.4 Å². The standard InChI is InChI=1S/C15H22F2N2.ClH/c1-15(2,3)14(19-8-6-18-7-9-19)11-4-5-12(16)13(17)10-11;/h4-5,10,14,18H,6-9H2,1-3H3;1H/t14-;/m0./s1. The van der Waals surface area contributed by atoms with Crippen LogP contribution in [0.25, 0.3) is 0 Å². The van der Waals surface area contributed by atoms with Crippen molar-refractivity contribution in [1.29, 1.82) is 0 Å². The van der Waals surface area contributed by atoms with Gasteiger partial charge in [0.25, 0.3) is 0 Å². The van der Waals surface area contributed by atoms with Gasteiger partial charge in [0.15, 0.2) is 11.6 Å². The van der Waals surface area contributed by atoms with Crippen molar-refractivity contribution in [3.05, 3.63) is 35.4 Å². The van der Waals surface area contributed by atoms with Crippen LogP contribution in [0.15, 0.2) is 18.2 Å². The van der Waals surface area contributed by atoms with E-state index in [9.17, 15) is 8.78 Å². The zero-order chi connectivity index (χ0) is 14.0. The predicted octanol–water partition coefficient (Wildman–Crippen LogP) is 3.38. The molecule has 114 valence electrons. The van der Waals surface area contributed by atoms with Crippen molar-refractivity contribution >= 4 is 12.4 Å². The lowest BCUT2D eigenvalue weighted by Gasteiger charge is -2.42. The molecule has 0 radical (unpaired) electrons. The molecule has 20 heavy (non-hydrogen) atoms. The summed E-state index contributed by atoms with van der Waals surface area (Å²) in [5.74, 6) is -1.54. The van der Waals surface area contributed by atoms with E-state index < -0.39 is 11.6 Å². The molecule has 0 unspecified atom stereocenters.